The monoisotopic (exact) mass is 301 g/mol. The van der Waals surface area contributed by atoms with Gasteiger partial charge in [0.05, 0.1) is 5.02 Å². The molecular weight excluding hydrogens is 290 g/mol. The van der Waals surface area contributed by atoms with Gasteiger partial charge in [-0.2, -0.15) is 4.98 Å². The highest BCUT2D eigenvalue weighted by Gasteiger charge is 2.11. The van der Waals surface area contributed by atoms with Crippen LogP contribution in [0.4, 0.5) is 5.69 Å². The highest BCUT2D eigenvalue weighted by molar-refractivity contribution is 6.33. The fourth-order valence-electron chi connectivity index (χ4n) is 1.77. The fourth-order valence-corrected chi connectivity index (χ4v) is 1.99. The number of nitrogens with two attached hydrogens (primary N) is 1. The van der Waals surface area contributed by atoms with Crippen LogP contribution in [0.15, 0.2) is 53.1 Å². The summed E-state index contributed by atoms with van der Waals surface area (Å²) in [5.41, 5.74) is 7.01. The Morgan fingerprint density at radius 2 is 1.86 bits per heavy atom. The van der Waals surface area contributed by atoms with Gasteiger partial charge < -0.3 is 15.0 Å². The van der Waals surface area contributed by atoms with Crippen molar-refractivity contribution in [3.8, 4) is 17.1 Å². The lowest BCUT2D eigenvalue weighted by molar-refractivity contribution is 0.243. The molecule has 5 nitrogen and oxygen atoms in total. The average Bonchev–Trinajstić information content (AvgIpc) is 2.96. The molecule has 3 aromatic rings. The predicted octanol–water partition coefficient (Wildman–Crippen LogP) is 3.55. The Kier molecular flexibility index (Phi) is 3.75. The van der Waals surface area contributed by atoms with Gasteiger partial charge in [-0.05, 0) is 36.4 Å². The summed E-state index contributed by atoms with van der Waals surface area (Å²) in [7, 11) is 0. The summed E-state index contributed by atoms with van der Waals surface area (Å²) < 4.78 is 10.7. The van der Waals surface area contributed by atoms with Gasteiger partial charge in [-0.25, -0.2) is 0 Å². The van der Waals surface area contributed by atoms with E-state index in [4.69, 9.17) is 26.6 Å². The first-order chi connectivity index (χ1) is 10.2. The molecular formula is C15H12ClN3O2. The second-order valence-electron chi connectivity index (χ2n) is 4.35. The van der Waals surface area contributed by atoms with Crippen LogP contribution < -0.4 is 10.5 Å². The van der Waals surface area contributed by atoms with Gasteiger partial charge in [0, 0.05) is 11.3 Å². The number of aromatic nitrogens is 2. The maximum atomic E-state index is 6.09. The van der Waals surface area contributed by atoms with Crippen LogP contribution in [0.3, 0.4) is 0 Å². The van der Waals surface area contributed by atoms with Crippen LogP contribution in [0, 0.1) is 0 Å². The zero-order valence-corrected chi connectivity index (χ0v) is 11.7. The van der Waals surface area contributed by atoms with E-state index in [0.717, 1.165) is 5.56 Å². The molecule has 0 aliphatic carbocycles. The summed E-state index contributed by atoms with van der Waals surface area (Å²) in [6.07, 6.45) is 0. The van der Waals surface area contributed by atoms with E-state index in [-0.39, 0.29) is 6.61 Å². The molecule has 0 saturated heterocycles. The minimum absolute atomic E-state index is 0.182. The number of nitrogens with zero attached hydrogens (tertiary/aromatic N) is 2. The molecule has 0 radical (unpaired) electrons. The Bertz CT molecular complexity index is 741. The quantitative estimate of drug-likeness (QED) is 0.746. The minimum atomic E-state index is 0.182. The molecule has 6 heteroatoms. The van der Waals surface area contributed by atoms with Crippen molar-refractivity contribution in [2.45, 2.75) is 6.61 Å². The van der Waals surface area contributed by atoms with E-state index in [1.165, 1.54) is 0 Å². The molecule has 3 rings (SSSR count). The zero-order chi connectivity index (χ0) is 14.7. The number of rotatable bonds is 4. The molecule has 0 amide bonds. The number of nitrogen functional groups attached to an aromatic ring is 1. The Morgan fingerprint density at radius 3 is 2.62 bits per heavy atom. The SMILES string of the molecule is Nc1ccc(OCc2nc(-c3ccccc3Cl)no2)cc1. The molecule has 1 heterocycles. The Labute approximate surface area is 126 Å². The number of hydrogen-bond acceptors (Lipinski definition) is 5. The zero-order valence-electron chi connectivity index (χ0n) is 11.0. The maximum absolute atomic E-state index is 6.09. The van der Waals surface area contributed by atoms with Crippen molar-refractivity contribution in [1.82, 2.24) is 10.1 Å². The first-order valence-corrected chi connectivity index (χ1v) is 6.66. The lowest BCUT2D eigenvalue weighted by atomic mass is 10.2. The Hall–Kier alpha value is -2.53. The molecule has 0 saturated carbocycles. The van der Waals surface area contributed by atoms with Crippen LogP contribution in [0.25, 0.3) is 11.4 Å². The number of anilines is 1. The first-order valence-electron chi connectivity index (χ1n) is 6.28. The molecule has 0 aliphatic heterocycles. The average molecular weight is 302 g/mol. The highest BCUT2D eigenvalue weighted by atomic mass is 35.5. The molecule has 0 unspecified atom stereocenters. The molecule has 0 atom stereocenters. The molecule has 0 bridgehead atoms. The van der Waals surface area contributed by atoms with Crippen molar-refractivity contribution in [2.24, 2.45) is 0 Å². The molecule has 106 valence electrons. The topological polar surface area (TPSA) is 74.2 Å². The summed E-state index contributed by atoms with van der Waals surface area (Å²) in [5, 5.41) is 4.48. The third-order valence-electron chi connectivity index (χ3n) is 2.83. The van der Waals surface area contributed by atoms with Gasteiger partial charge >= 0.3 is 0 Å². The van der Waals surface area contributed by atoms with Crippen LogP contribution in [-0.2, 0) is 6.61 Å². The smallest absolute Gasteiger partial charge is 0.264 e. The summed E-state index contributed by atoms with van der Waals surface area (Å²) in [5.74, 6) is 1.50. The third kappa shape index (κ3) is 3.14. The van der Waals surface area contributed by atoms with E-state index in [1.807, 2.05) is 18.2 Å². The second-order valence-corrected chi connectivity index (χ2v) is 4.76. The van der Waals surface area contributed by atoms with E-state index >= 15 is 0 Å². The van der Waals surface area contributed by atoms with Gasteiger partial charge in [-0.1, -0.05) is 28.9 Å². The lowest BCUT2D eigenvalue weighted by Crippen LogP contribution is -1.96. The standard InChI is InChI=1S/C15H12ClN3O2/c16-13-4-2-1-3-12(13)15-18-14(21-19-15)9-20-11-7-5-10(17)6-8-11/h1-8H,9,17H2. The first kappa shape index (κ1) is 13.5. The van der Waals surface area contributed by atoms with E-state index in [1.54, 1.807) is 30.3 Å². The van der Waals surface area contributed by atoms with Crippen molar-refractivity contribution in [2.75, 3.05) is 5.73 Å². The normalized spacial score (nSPS) is 10.5. The Balaban J connectivity index is 1.71. The molecule has 0 spiro atoms. The van der Waals surface area contributed by atoms with E-state index < -0.39 is 0 Å². The van der Waals surface area contributed by atoms with E-state index in [2.05, 4.69) is 10.1 Å². The molecule has 0 fully saturated rings. The minimum Gasteiger partial charge on any atom is -0.484 e. The highest BCUT2D eigenvalue weighted by Crippen LogP contribution is 2.25. The van der Waals surface area contributed by atoms with Crippen molar-refractivity contribution in [1.29, 1.82) is 0 Å². The van der Waals surface area contributed by atoms with Gasteiger partial charge in [0.15, 0.2) is 6.61 Å². The summed E-state index contributed by atoms with van der Waals surface area (Å²) in [6, 6.07) is 14.4. The Morgan fingerprint density at radius 1 is 1.10 bits per heavy atom. The van der Waals surface area contributed by atoms with Gasteiger partial charge in [0.1, 0.15) is 5.75 Å². The maximum Gasteiger partial charge on any atom is 0.264 e. The van der Waals surface area contributed by atoms with Crippen LogP contribution in [0.2, 0.25) is 5.02 Å². The van der Waals surface area contributed by atoms with Gasteiger partial charge in [-0.3, -0.25) is 0 Å². The predicted molar refractivity (Wildman–Crippen MR) is 79.9 cm³/mol. The van der Waals surface area contributed by atoms with Crippen molar-refractivity contribution in [3.05, 3.63) is 59.4 Å². The number of halogens is 1. The largest absolute Gasteiger partial charge is 0.484 e. The lowest BCUT2D eigenvalue weighted by Gasteiger charge is -2.02. The van der Waals surface area contributed by atoms with Crippen molar-refractivity contribution in [3.63, 3.8) is 0 Å². The fraction of sp³-hybridized carbons (Fsp3) is 0.0667. The summed E-state index contributed by atoms with van der Waals surface area (Å²) >= 11 is 6.09. The van der Waals surface area contributed by atoms with Gasteiger partial charge in [0.25, 0.3) is 5.89 Å². The van der Waals surface area contributed by atoms with Gasteiger partial charge in [0.2, 0.25) is 5.82 Å². The van der Waals surface area contributed by atoms with Crippen molar-refractivity contribution >= 4 is 17.3 Å². The van der Waals surface area contributed by atoms with Crippen LogP contribution in [0.5, 0.6) is 5.75 Å². The van der Waals surface area contributed by atoms with Crippen LogP contribution in [0.1, 0.15) is 5.89 Å². The molecule has 21 heavy (non-hydrogen) atoms. The molecule has 2 N–H and O–H groups in total. The second kappa shape index (κ2) is 5.85. The molecule has 2 aromatic carbocycles. The van der Waals surface area contributed by atoms with Crippen molar-refractivity contribution < 1.29 is 9.26 Å². The van der Waals surface area contributed by atoms with Crippen LogP contribution >= 0.6 is 11.6 Å². The van der Waals surface area contributed by atoms with Crippen LogP contribution in [-0.4, -0.2) is 10.1 Å². The number of ether oxygens (including phenoxy) is 1. The van der Waals surface area contributed by atoms with E-state index in [9.17, 15) is 0 Å². The van der Waals surface area contributed by atoms with Gasteiger partial charge in [-0.15, -0.1) is 0 Å². The third-order valence-corrected chi connectivity index (χ3v) is 3.15. The summed E-state index contributed by atoms with van der Waals surface area (Å²) in [4.78, 5) is 4.26. The van der Waals surface area contributed by atoms with E-state index in [0.29, 0.717) is 28.2 Å². The molecule has 1 aromatic heterocycles. The molecule has 0 aliphatic rings. The number of benzene rings is 2. The summed E-state index contributed by atoms with van der Waals surface area (Å²) in [6.45, 7) is 0.182. The number of hydrogen-bond donors (Lipinski definition) is 1.